The zero-order valence-electron chi connectivity index (χ0n) is 12.3. The van der Waals surface area contributed by atoms with Crippen molar-refractivity contribution in [2.45, 2.75) is 32.3 Å². The van der Waals surface area contributed by atoms with E-state index >= 15 is 0 Å². The third-order valence-corrected chi connectivity index (χ3v) is 4.17. The largest absolute Gasteiger partial charge is 0.377 e. The van der Waals surface area contributed by atoms with E-state index in [1.165, 1.54) is 19.3 Å². The number of hydrogen-bond acceptors (Lipinski definition) is 5. The lowest BCUT2D eigenvalue weighted by Gasteiger charge is -2.37. The van der Waals surface area contributed by atoms with Crippen molar-refractivity contribution in [2.24, 2.45) is 0 Å². The minimum absolute atomic E-state index is 0.450. The number of hydrogen-bond donors (Lipinski definition) is 0. The molecule has 2 fully saturated rings. The predicted octanol–water partition coefficient (Wildman–Crippen LogP) is 1.48. The summed E-state index contributed by atoms with van der Waals surface area (Å²) in [6.45, 7) is 8.23. The summed E-state index contributed by atoms with van der Waals surface area (Å²) in [5, 5.41) is 0. The lowest BCUT2D eigenvalue weighted by Crippen LogP contribution is -2.49. The van der Waals surface area contributed by atoms with Crippen molar-refractivity contribution in [3.8, 4) is 0 Å². The van der Waals surface area contributed by atoms with Crippen molar-refractivity contribution >= 4 is 5.95 Å². The van der Waals surface area contributed by atoms with Gasteiger partial charge in [0, 0.05) is 51.2 Å². The highest BCUT2D eigenvalue weighted by molar-refractivity contribution is 5.30. The maximum atomic E-state index is 5.83. The molecule has 5 nitrogen and oxygen atoms in total. The van der Waals surface area contributed by atoms with Crippen LogP contribution in [0.2, 0.25) is 0 Å². The van der Waals surface area contributed by atoms with Crippen LogP contribution in [-0.4, -0.2) is 60.3 Å². The van der Waals surface area contributed by atoms with E-state index in [0.717, 1.165) is 51.0 Å². The molecule has 0 spiro atoms. The van der Waals surface area contributed by atoms with Crippen LogP contribution in [0.1, 0.15) is 25.0 Å². The molecule has 1 aromatic heterocycles. The van der Waals surface area contributed by atoms with Gasteiger partial charge in [0.05, 0.1) is 6.10 Å². The van der Waals surface area contributed by atoms with Crippen LogP contribution in [0.15, 0.2) is 12.3 Å². The Hall–Kier alpha value is -1.20. The number of nitrogens with zero attached hydrogens (tertiary/aromatic N) is 4. The highest BCUT2D eigenvalue weighted by atomic mass is 16.5. The number of piperazine rings is 1. The smallest absolute Gasteiger partial charge is 0.225 e. The first kappa shape index (κ1) is 13.8. The minimum atomic E-state index is 0.450. The molecule has 0 aromatic carbocycles. The second-order valence-corrected chi connectivity index (χ2v) is 5.77. The van der Waals surface area contributed by atoms with Crippen molar-refractivity contribution < 1.29 is 4.74 Å². The molecule has 3 heterocycles. The molecular formula is C15H24N4O. The summed E-state index contributed by atoms with van der Waals surface area (Å²) in [6.07, 6.45) is 6.07. The Kier molecular flexibility index (Phi) is 4.47. The van der Waals surface area contributed by atoms with Crippen LogP contribution in [0, 0.1) is 6.92 Å². The van der Waals surface area contributed by atoms with E-state index in [4.69, 9.17) is 4.74 Å². The Morgan fingerprint density at radius 1 is 1.25 bits per heavy atom. The van der Waals surface area contributed by atoms with Crippen LogP contribution < -0.4 is 4.90 Å². The molecule has 0 aliphatic carbocycles. The predicted molar refractivity (Wildman–Crippen MR) is 79.0 cm³/mol. The molecule has 3 rings (SSSR count). The van der Waals surface area contributed by atoms with Gasteiger partial charge in [0.1, 0.15) is 0 Å². The fraction of sp³-hybridized carbons (Fsp3) is 0.733. The van der Waals surface area contributed by atoms with Gasteiger partial charge in [-0.3, -0.25) is 4.90 Å². The van der Waals surface area contributed by atoms with Gasteiger partial charge in [-0.25, -0.2) is 9.97 Å². The van der Waals surface area contributed by atoms with Gasteiger partial charge in [0.2, 0.25) is 5.95 Å². The van der Waals surface area contributed by atoms with Crippen LogP contribution in [0.4, 0.5) is 5.95 Å². The molecule has 5 heteroatoms. The van der Waals surface area contributed by atoms with Crippen molar-refractivity contribution in [3.05, 3.63) is 18.0 Å². The standard InChI is InChI=1S/C15H24N4O/c1-13-5-6-16-15(17-13)19-9-7-18(8-10-19)12-14-4-2-3-11-20-14/h5-6,14H,2-4,7-12H2,1H3. The average Bonchev–Trinajstić information content (AvgIpc) is 2.49. The molecule has 0 radical (unpaired) electrons. The molecule has 2 aliphatic heterocycles. The number of aryl methyl sites for hydroxylation is 1. The maximum absolute atomic E-state index is 5.83. The average molecular weight is 276 g/mol. The van der Waals surface area contributed by atoms with Crippen molar-refractivity contribution in [2.75, 3.05) is 44.2 Å². The molecular weight excluding hydrogens is 252 g/mol. The molecule has 0 N–H and O–H groups in total. The third kappa shape index (κ3) is 3.46. The fourth-order valence-electron chi connectivity index (χ4n) is 2.96. The summed E-state index contributed by atoms with van der Waals surface area (Å²) in [5.74, 6) is 0.874. The lowest BCUT2D eigenvalue weighted by atomic mass is 10.1. The first-order chi connectivity index (χ1) is 9.81. The number of anilines is 1. The Balaban J connectivity index is 1.49. The van der Waals surface area contributed by atoms with Crippen LogP contribution in [-0.2, 0) is 4.74 Å². The zero-order chi connectivity index (χ0) is 13.8. The highest BCUT2D eigenvalue weighted by Crippen LogP contribution is 2.16. The normalized spacial score (nSPS) is 24.9. The van der Waals surface area contributed by atoms with E-state index < -0.39 is 0 Å². The van der Waals surface area contributed by atoms with Gasteiger partial charge in [0.15, 0.2) is 0 Å². The zero-order valence-corrected chi connectivity index (χ0v) is 12.3. The van der Waals surface area contributed by atoms with E-state index in [0.29, 0.717) is 6.10 Å². The SMILES string of the molecule is Cc1ccnc(N2CCN(CC3CCCCO3)CC2)n1. The summed E-state index contributed by atoms with van der Waals surface area (Å²) in [5.41, 5.74) is 1.04. The number of rotatable bonds is 3. The van der Waals surface area contributed by atoms with Crippen molar-refractivity contribution in [1.29, 1.82) is 0 Å². The maximum Gasteiger partial charge on any atom is 0.225 e. The van der Waals surface area contributed by atoms with E-state index in [1.807, 2.05) is 19.2 Å². The lowest BCUT2D eigenvalue weighted by molar-refractivity contribution is -0.00648. The van der Waals surface area contributed by atoms with Gasteiger partial charge in [-0.1, -0.05) is 0 Å². The van der Waals surface area contributed by atoms with E-state index in [9.17, 15) is 0 Å². The number of ether oxygens (including phenoxy) is 1. The first-order valence-corrected chi connectivity index (χ1v) is 7.70. The minimum Gasteiger partial charge on any atom is -0.377 e. The Bertz CT molecular complexity index is 426. The summed E-state index contributed by atoms with van der Waals surface area (Å²) in [7, 11) is 0. The van der Waals surface area contributed by atoms with E-state index in [-0.39, 0.29) is 0 Å². The Morgan fingerprint density at radius 3 is 2.80 bits per heavy atom. The number of aromatic nitrogens is 2. The third-order valence-electron chi connectivity index (χ3n) is 4.17. The summed E-state index contributed by atoms with van der Waals surface area (Å²) in [6, 6.07) is 1.94. The monoisotopic (exact) mass is 276 g/mol. The summed E-state index contributed by atoms with van der Waals surface area (Å²) >= 11 is 0. The van der Waals surface area contributed by atoms with Crippen LogP contribution in [0.5, 0.6) is 0 Å². The molecule has 1 unspecified atom stereocenters. The molecule has 0 bridgehead atoms. The van der Waals surface area contributed by atoms with E-state index in [1.54, 1.807) is 0 Å². The molecule has 0 amide bonds. The molecule has 2 aliphatic rings. The molecule has 2 saturated heterocycles. The van der Waals surface area contributed by atoms with Crippen LogP contribution >= 0.6 is 0 Å². The topological polar surface area (TPSA) is 41.5 Å². The molecule has 0 saturated carbocycles. The van der Waals surface area contributed by atoms with Gasteiger partial charge in [-0.15, -0.1) is 0 Å². The van der Waals surface area contributed by atoms with Gasteiger partial charge in [0.25, 0.3) is 0 Å². The Labute approximate surface area is 121 Å². The highest BCUT2D eigenvalue weighted by Gasteiger charge is 2.22. The summed E-state index contributed by atoms with van der Waals surface area (Å²) < 4.78 is 5.83. The second-order valence-electron chi connectivity index (χ2n) is 5.77. The van der Waals surface area contributed by atoms with Crippen molar-refractivity contribution in [3.63, 3.8) is 0 Å². The molecule has 20 heavy (non-hydrogen) atoms. The van der Waals surface area contributed by atoms with Crippen LogP contribution in [0.25, 0.3) is 0 Å². The molecule has 1 aromatic rings. The summed E-state index contributed by atoms with van der Waals surface area (Å²) in [4.78, 5) is 13.7. The van der Waals surface area contributed by atoms with Crippen molar-refractivity contribution in [1.82, 2.24) is 14.9 Å². The van der Waals surface area contributed by atoms with E-state index in [2.05, 4.69) is 19.8 Å². The van der Waals surface area contributed by atoms with Gasteiger partial charge >= 0.3 is 0 Å². The first-order valence-electron chi connectivity index (χ1n) is 7.70. The molecule has 1 atom stereocenters. The van der Waals surface area contributed by atoms with Gasteiger partial charge in [-0.2, -0.15) is 0 Å². The Morgan fingerprint density at radius 2 is 2.10 bits per heavy atom. The van der Waals surface area contributed by atoms with Gasteiger partial charge in [-0.05, 0) is 32.3 Å². The quantitative estimate of drug-likeness (QED) is 0.836. The van der Waals surface area contributed by atoms with Crippen LogP contribution in [0.3, 0.4) is 0 Å². The van der Waals surface area contributed by atoms with Gasteiger partial charge < -0.3 is 9.64 Å². The fourth-order valence-corrected chi connectivity index (χ4v) is 2.96. The second kappa shape index (κ2) is 6.50. The molecule has 110 valence electrons.